The van der Waals surface area contributed by atoms with Gasteiger partial charge in [-0.3, -0.25) is 4.90 Å². The van der Waals surface area contributed by atoms with Gasteiger partial charge in [-0.2, -0.15) is 0 Å². The van der Waals surface area contributed by atoms with E-state index in [1.54, 1.807) is 12.1 Å². The topological polar surface area (TPSA) is 40.5 Å². The van der Waals surface area contributed by atoms with Gasteiger partial charge in [0.05, 0.1) is 5.56 Å². The molecule has 0 atom stereocenters. The Morgan fingerprint density at radius 2 is 2.06 bits per heavy atom. The second-order valence-electron chi connectivity index (χ2n) is 5.01. The minimum Gasteiger partial charge on any atom is -0.478 e. The number of aromatic carboxylic acids is 1. The van der Waals surface area contributed by atoms with Gasteiger partial charge in [-0.05, 0) is 57.0 Å². The van der Waals surface area contributed by atoms with Crippen LogP contribution in [0.25, 0.3) is 0 Å². The van der Waals surface area contributed by atoms with Crippen molar-refractivity contribution in [3.8, 4) is 0 Å². The molecule has 1 N–H and O–H groups in total. The maximum atomic E-state index is 10.9. The van der Waals surface area contributed by atoms with Crippen LogP contribution in [0.4, 0.5) is 0 Å². The third kappa shape index (κ3) is 3.84. The number of nitrogens with zero attached hydrogens (tertiary/aromatic N) is 1. The molecule has 0 aliphatic heterocycles. The quantitative estimate of drug-likeness (QED) is 0.840. The van der Waals surface area contributed by atoms with Crippen molar-refractivity contribution in [1.82, 2.24) is 4.90 Å². The lowest BCUT2D eigenvalue weighted by Crippen LogP contribution is -2.31. The highest BCUT2D eigenvalue weighted by Crippen LogP contribution is 2.15. The molecular weight excluding hydrogens is 226 g/mol. The number of benzene rings is 1. The average molecular weight is 249 g/mol. The number of hydrogen-bond acceptors (Lipinski definition) is 2. The molecule has 0 aliphatic carbocycles. The van der Waals surface area contributed by atoms with Crippen LogP contribution in [0.1, 0.15) is 48.7 Å². The predicted octanol–water partition coefficient (Wildman–Crippen LogP) is 3.31. The molecule has 3 heteroatoms. The van der Waals surface area contributed by atoms with Gasteiger partial charge in [0.15, 0.2) is 0 Å². The largest absolute Gasteiger partial charge is 0.478 e. The van der Waals surface area contributed by atoms with Crippen LogP contribution in [0.5, 0.6) is 0 Å². The molecule has 0 saturated heterocycles. The molecule has 0 heterocycles. The van der Waals surface area contributed by atoms with Crippen LogP contribution < -0.4 is 0 Å². The molecule has 0 unspecified atom stereocenters. The molecule has 1 aromatic rings. The Bertz CT molecular complexity index is 413. The van der Waals surface area contributed by atoms with E-state index in [1.807, 2.05) is 13.0 Å². The van der Waals surface area contributed by atoms with E-state index in [0.717, 1.165) is 25.1 Å². The smallest absolute Gasteiger partial charge is 0.335 e. The van der Waals surface area contributed by atoms with Crippen LogP contribution in [-0.4, -0.2) is 28.6 Å². The summed E-state index contributed by atoms with van der Waals surface area (Å²) in [5, 5.41) is 8.94. The Balaban J connectivity index is 2.86. The lowest BCUT2D eigenvalue weighted by molar-refractivity contribution is 0.0696. The van der Waals surface area contributed by atoms with E-state index in [-0.39, 0.29) is 0 Å². The van der Waals surface area contributed by atoms with E-state index >= 15 is 0 Å². The lowest BCUT2D eigenvalue weighted by atomic mass is 10.0. The monoisotopic (exact) mass is 249 g/mol. The Labute approximate surface area is 109 Å². The summed E-state index contributed by atoms with van der Waals surface area (Å²) >= 11 is 0. The number of hydrogen-bond donors (Lipinski definition) is 1. The minimum atomic E-state index is -0.862. The van der Waals surface area contributed by atoms with Gasteiger partial charge in [0, 0.05) is 12.6 Å². The van der Waals surface area contributed by atoms with Crippen molar-refractivity contribution in [1.29, 1.82) is 0 Å². The maximum Gasteiger partial charge on any atom is 0.335 e. The molecule has 0 amide bonds. The van der Waals surface area contributed by atoms with Gasteiger partial charge >= 0.3 is 5.97 Å². The molecule has 3 nitrogen and oxygen atoms in total. The first kappa shape index (κ1) is 14.7. The van der Waals surface area contributed by atoms with Gasteiger partial charge in [-0.15, -0.1) is 0 Å². The van der Waals surface area contributed by atoms with Crippen molar-refractivity contribution in [3.63, 3.8) is 0 Å². The van der Waals surface area contributed by atoms with Crippen molar-refractivity contribution in [2.75, 3.05) is 6.54 Å². The van der Waals surface area contributed by atoms with Crippen LogP contribution in [0, 0.1) is 6.92 Å². The molecular formula is C15H23NO2. The number of rotatable bonds is 6. The second kappa shape index (κ2) is 6.55. The van der Waals surface area contributed by atoms with Gasteiger partial charge in [-0.1, -0.05) is 13.0 Å². The summed E-state index contributed by atoms with van der Waals surface area (Å²) < 4.78 is 0. The molecule has 1 rings (SSSR count). The van der Waals surface area contributed by atoms with E-state index in [9.17, 15) is 4.79 Å². The van der Waals surface area contributed by atoms with Crippen LogP contribution in [0.2, 0.25) is 0 Å². The highest BCUT2D eigenvalue weighted by molar-refractivity contribution is 5.87. The molecule has 0 aliphatic rings. The molecule has 0 fully saturated rings. The number of carboxylic acid groups (broad SMARTS) is 1. The first-order chi connectivity index (χ1) is 8.45. The van der Waals surface area contributed by atoms with E-state index < -0.39 is 5.97 Å². The molecule has 0 bridgehead atoms. The highest BCUT2D eigenvalue weighted by Gasteiger charge is 2.11. The fraction of sp³-hybridized carbons (Fsp3) is 0.533. The third-order valence-corrected chi connectivity index (χ3v) is 3.20. The molecule has 18 heavy (non-hydrogen) atoms. The van der Waals surface area contributed by atoms with Crippen molar-refractivity contribution in [3.05, 3.63) is 34.9 Å². The third-order valence-electron chi connectivity index (χ3n) is 3.20. The van der Waals surface area contributed by atoms with Crippen LogP contribution >= 0.6 is 0 Å². The van der Waals surface area contributed by atoms with Crippen LogP contribution in [0.15, 0.2) is 18.2 Å². The Morgan fingerprint density at radius 3 is 2.50 bits per heavy atom. The van der Waals surface area contributed by atoms with Gasteiger partial charge in [0.2, 0.25) is 0 Å². The van der Waals surface area contributed by atoms with E-state index in [1.165, 1.54) is 5.56 Å². The molecule has 100 valence electrons. The molecule has 1 aromatic carbocycles. The first-order valence-electron chi connectivity index (χ1n) is 6.52. The predicted molar refractivity (Wildman–Crippen MR) is 74.0 cm³/mol. The molecule has 0 aromatic heterocycles. The lowest BCUT2D eigenvalue weighted by Gasteiger charge is -2.26. The molecule has 0 spiro atoms. The Hall–Kier alpha value is -1.35. The zero-order chi connectivity index (χ0) is 13.7. The summed E-state index contributed by atoms with van der Waals surface area (Å²) in [6.45, 7) is 10.5. The molecule has 0 saturated carbocycles. The van der Waals surface area contributed by atoms with E-state index in [2.05, 4.69) is 25.7 Å². The van der Waals surface area contributed by atoms with Crippen molar-refractivity contribution < 1.29 is 9.90 Å². The number of aryl methyl sites for hydroxylation is 1. The zero-order valence-electron chi connectivity index (χ0n) is 11.7. The van der Waals surface area contributed by atoms with E-state index in [0.29, 0.717) is 11.6 Å². The maximum absolute atomic E-state index is 10.9. The normalized spacial score (nSPS) is 11.2. The summed E-state index contributed by atoms with van der Waals surface area (Å²) in [5.41, 5.74) is 2.63. The summed E-state index contributed by atoms with van der Waals surface area (Å²) in [4.78, 5) is 13.3. The van der Waals surface area contributed by atoms with Gasteiger partial charge in [-0.25, -0.2) is 4.79 Å². The average Bonchev–Trinajstić information content (AvgIpc) is 2.30. The van der Waals surface area contributed by atoms with Gasteiger partial charge in [0.1, 0.15) is 0 Å². The fourth-order valence-electron chi connectivity index (χ4n) is 2.03. The Morgan fingerprint density at radius 1 is 1.39 bits per heavy atom. The van der Waals surface area contributed by atoms with Crippen LogP contribution in [-0.2, 0) is 6.54 Å². The first-order valence-corrected chi connectivity index (χ1v) is 6.52. The number of carboxylic acids is 1. The summed E-state index contributed by atoms with van der Waals surface area (Å²) in [7, 11) is 0. The van der Waals surface area contributed by atoms with E-state index in [4.69, 9.17) is 5.11 Å². The Kier molecular flexibility index (Phi) is 5.35. The van der Waals surface area contributed by atoms with Crippen molar-refractivity contribution in [2.45, 2.75) is 46.7 Å². The zero-order valence-corrected chi connectivity index (χ0v) is 11.7. The van der Waals surface area contributed by atoms with Crippen molar-refractivity contribution in [2.24, 2.45) is 0 Å². The summed E-state index contributed by atoms with van der Waals surface area (Å²) in [5.74, 6) is -0.862. The van der Waals surface area contributed by atoms with Gasteiger partial charge < -0.3 is 5.11 Å². The SMILES string of the molecule is CCCN(Cc1ccc(C(=O)O)cc1C)C(C)C. The minimum absolute atomic E-state index is 0.364. The standard InChI is InChI=1S/C15H23NO2/c1-5-8-16(11(2)3)10-14-7-6-13(15(17)18)9-12(14)4/h6-7,9,11H,5,8,10H2,1-4H3,(H,17,18). The van der Waals surface area contributed by atoms with Crippen LogP contribution in [0.3, 0.4) is 0 Å². The van der Waals surface area contributed by atoms with Gasteiger partial charge in [0.25, 0.3) is 0 Å². The summed E-state index contributed by atoms with van der Waals surface area (Å²) in [6.07, 6.45) is 1.13. The second-order valence-corrected chi connectivity index (χ2v) is 5.01. The highest BCUT2D eigenvalue weighted by atomic mass is 16.4. The number of carbonyl (C=O) groups is 1. The van der Waals surface area contributed by atoms with Crippen molar-refractivity contribution >= 4 is 5.97 Å². The summed E-state index contributed by atoms with van der Waals surface area (Å²) in [6, 6.07) is 5.88. The molecule has 0 radical (unpaired) electrons. The fourth-order valence-corrected chi connectivity index (χ4v) is 2.03.